The highest BCUT2D eigenvalue weighted by molar-refractivity contribution is 5.70. The van der Waals surface area contributed by atoms with Crippen molar-refractivity contribution in [1.82, 2.24) is 0 Å². The lowest BCUT2D eigenvalue weighted by atomic mass is 10.2. The molecule has 4 nitrogen and oxygen atoms in total. The average molecular weight is 273 g/mol. The fourth-order valence-corrected chi connectivity index (χ4v) is 1.31. The number of aryl methyl sites for hydroxylation is 1. The number of para-hydroxylation sites is 1. The Morgan fingerprint density at radius 1 is 1.00 bits per heavy atom. The van der Waals surface area contributed by atoms with Crippen molar-refractivity contribution in [3.8, 4) is 11.5 Å². The van der Waals surface area contributed by atoms with Crippen molar-refractivity contribution in [2.24, 2.45) is 5.73 Å². The first-order chi connectivity index (χ1) is 9.65. The molecule has 0 amide bonds. The Morgan fingerprint density at radius 3 is 2.00 bits per heavy atom. The van der Waals surface area contributed by atoms with E-state index in [1.807, 2.05) is 54.6 Å². The van der Waals surface area contributed by atoms with Crippen molar-refractivity contribution in [3.05, 3.63) is 60.2 Å². The molecule has 0 unspecified atom stereocenters. The molecule has 0 spiro atoms. The van der Waals surface area contributed by atoms with Crippen LogP contribution in [0.3, 0.4) is 0 Å². The molecule has 0 bridgehead atoms. The van der Waals surface area contributed by atoms with Gasteiger partial charge in [0.1, 0.15) is 11.5 Å². The molecule has 20 heavy (non-hydrogen) atoms. The maximum Gasteiger partial charge on any atom is 0.319 e. The maximum atomic E-state index is 9.83. The van der Waals surface area contributed by atoms with E-state index in [0.717, 1.165) is 11.5 Å². The lowest BCUT2D eigenvalue weighted by molar-refractivity contribution is -0.138. The standard InChI is InChI=1S/C13H12O.C3H7NO2/c1-11-7-9-13(10-8-11)14-12-5-3-2-4-6-12;1-6-3(5)2-4/h2-10H,1H3;2,4H2,1H3. The summed E-state index contributed by atoms with van der Waals surface area (Å²) in [6, 6.07) is 17.8. The topological polar surface area (TPSA) is 61.5 Å². The van der Waals surface area contributed by atoms with Gasteiger partial charge in [0, 0.05) is 0 Å². The van der Waals surface area contributed by atoms with Gasteiger partial charge in [-0.25, -0.2) is 0 Å². The summed E-state index contributed by atoms with van der Waals surface area (Å²) >= 11 is 0. The van der Waals surface area contributed by atoms with Crippen LogP contribution >= 0.6 is 0 Å². The SMILES string of the molecule is COC(=O)CN.Cc1ccc(Oc2ccccc2)cc1. The van der Waals surface area contributed by atoms with Gasteiger partial charge in [-0.05, 0) is 31.2 Å². The first-order valence-electron chi connectivity index (χ1n) is 6.22. The predicted molar refractivity (Wildman–Crippen MR) is 78.8 cm³/mol. The Hall–Kier alpha value is -2.33. The van der Waals surface area contributed by atoms with E-state index in [2.05, 4.69) is 11.7 Å². The fourth-order valence-electron chi connectivity index (χ4n) is 1.31. The van der Waals surface area contributed by atoms with Crippen LogP contribution in [0.25, 0.3) is 0 Å². The minimum absolute atomic E-state index is 0.0312. The molecular formula is C16H19NO3. The van der Waals surface area contributed by atoms with Gasteiger partial charge in [-0.1, -0.05) is 35.9 Å². The van der Waals surface area contributed by atoms with Gasteiger partial charge >= 0.3 is 5.97 Å². The van der Waals surface area contributed by atoms with Crippen LogP contribution in [0, 0.1) is 6.92 Å². The van der Waals surface area contributed by atoms with Crippen molar-refractivity contribution in [2.75, 3.05) is 13.7 Å². The summed E-state index contributed by atoms with van der Waals surface area (Å²) in [6.07, 6.45) is 0. The summed E-state index contributed by atoms with van der Waals surface area (Å²) in [5, 5.41) is 0. The van der Waals surface area contributed by atoms with E-state index in [0.29, 0.717) is 0 Å². The zero-order chi connectivity index (χ0) is 14.8. The van der Waals surface area contributed by atoms with Crippen molar-refractivity contribution in [1.29, 1.82) is 0 Å². The molecule has 2 N–H and O–H groups in total. The van der Waals surface area contributed by atoms with Gasteiger partial charge in [-0.15, -0.1) is 0 Å². The summed E-state index contributed by atoms with van der Waals surface area (Å²) in [5.74, 6) is 1.37. The molecule has 2 rings (SSSR count). The molecule has 2 aromatic rings. The van der Waals surface area contributed by atoms with Crippen LogP contribution in [0.15, 0.2) is 54.6 Å². The number of nitrogens with two attached hydrogens (primary N) is 1. The Morgan fingerprint density at radius 2 is 1.55 bits per heavy atom. The third-order valence-corrected chi connectivity index (χ3v) is 2.39. The van der Waals surface area contributed by atoms with E-state index >= 15 is 0 Å². The zero-order valence-electron chi connectivity index (χ0n) is 11.7. The number of hydrogen-bond acceptors (Lipinski definition) is 4. The Balaban J connectivity index is 0.000000286. The third-order valence-electron chi connectivity index (χ3n) is 2.39. The number of ether oxygens (including phenoxy) is 2. The van der Waals surface area contributed by atoms with E-state index in [-0.39, 0.29) is 12.5 Å². The average Bonchev–Trinajstić information content (AvgIpc) is 2.50. The van der Waals surface area contributed by atoms with Crippen molar-refractivity contribution < 1.29 is 14.3 Å². The smallest absolute Gasteiger partial charge is 0.319 e. The van der Waals surface area contributed by atoms with Crippen LogP contribution in [-0.4, -0.2) is 19.6 Å². The summed E-state index contributed by atoms with van der Waals surface area (Å²) in [7, 11) is 1.30. The summed E-state index contributed by atoms with van der Waals surface area (Å²) in [5.41, 5.74) is 6.05. The Kier molecular flexibility index (Phi) is 6.85. The quantitative estimate of drug-likeness (QED) is 0.873. The van der Waals surface area contributed by atoms with Gasteiger partial charge < -0.3 is 15.2 Å². The predicted octanol–water partition coefficient (Wildman–Crippen LogP) is 2.91. The third kappa shape index (κ3) is 6.02. The van der Waals surface area contributed by atoms with E-state index in [1.54, 1.807) is 0 Å². The van der Waals surface area contributed by atoms with E-state index < -0.39 is 0 Å². The largest absolute Gasteiger partial charge is 0.468 e. The molecule has 0 aliphatic heterocycles. The summed E-state index contributed by atoms with van der Waals surface area (Å²) < 4.78 is 9.77. The number of hydrogen-bond donors (Lipinski definition) is 1. The molecule has 2 aromatic carbocycles. The fraction of sp³-hybridized carbons (Fsp3) is 0.188. The van der Waals surface area contributed by atoms with Gasteiger partial charge in [0.15, 0.2) is 0 Å². The van der Waals surface area contributed by atoms with Gasteiger partial charge in [0.2, 0.25) is 0 Å². The molecular weight excluding hydrogens is 254 g/mol. The first-order valence-corrected chi connectivity index (χ1v) is 6.22. The molecule has 0 atom stereocenters. The second-order valence-electron chi connectivity index (χ2n) is 4.01. The molecule has 0 aliphatic carbocycles. The highest BCUT2D eigenvalue weighted by atomic mass is 16.5. The number of esters is 1. The number of carbonyl (C=O) groups excluding carboxylic acids is 1. The maximum absolute atomic E-state index is 9.83. The molecule has 0 saturated carbocycles. The van der Waals surface area contributed by atoms with Crippen molar-refractivity contribution >= 4 is 5.97 Å². The van der Waals surface area contributed by atoms with Gasteiger partial charge in [-0.3, -0.25) is 4.79 Å². The van der Waals surface area contributed by atoms with E-state index in [4.69, 9.17) is 10.5 Å². The molecule has 0 aliphatic rings. The molecule has 0 aromatic heterocycles. The summed E-state index contributed by atoms with van der Waals surface area (Å²) in [4.78, 5) is 9.83. The van der Waals surface area contributed by atoms with Crippen molar-refractivity contribution in [3.63, 3.8) is 0 Å². The van der Waals surface area contributed by atoms with E-state index in [9.17, 15) is 4.79 Å². The number of rotatable bonds is 3. The van der Waals surface area contributed by atoms with Crippen LogP contribution in [0.5, 0.6) is 11.5 Å². The van der Waals surface area contributed by atoms with Gasteiger partial charge in [0.25, 0.3) is 0 Å². The van der Waals surface area contributed by atoms with Crippen LogP contribution in [0.1, 0.15) is 5.56 Å². The summed E-state index contributed by atoms with van der Waals surface area (Å²) in [6.45, 7) is 2.03. The number of carbonyl (C=O) groups is 1. The molecule has 0 saturated heterocycles. The van der Waals surface area contributed by atoms with E-state index in [1.165, 1.54) is 12.7 Å². The molecule has 0 heterocycles. The highest BCUT2D eigenvalue weighted by Gasteiger charge is 1.94. The molecule has 4 heteroatoms. The highest BCUT2D eigenvalue weighted by Crippen LogP contribution is 2.20. The van der Waals surface area contributed by atoms with Gasteiger partial charge in [0.05, 0.1) is 13.7 Å². The lowest BCUT2D eigenvalue weighted by Gasteiger charge is -2.04. The molecule has 0 fully saturated rings. The Bertz CT molecular complexity index is 503. The normalized spacial score (nSPS) is 9.15. The monoisotopic (exact) mass is 273 g/mol. The minimum Gasteiger partial charge on any atom is -0.468 e. The first kappa shape index (κ1) is 15.7. The van der Waals surface area contributed by atoms with Crippen LogP contribution in [0.4, 0.5) is 0 Å². The lowest BCUT2D eigenvalue weighted by Crippen LogP contribution is -2.14. The van der Waals surface area contributed by atoms with Crippen LogP contribution in [-0.2, 0) is 9.53 Å². The number of methoxy groups -OCH3 is 1. The van der Waals surface area contributed by atoms with Crippen molar-refractivity contribution in [2.45, 2.75) is 6.92 Å². The zero-order valence-corrected chi connectivity index (χ0v) is 11.7. The van der Waals surface area contributed by atoms with Crippen LogP contribution < -0.4 is 10.5 Å². The Labute approximate surface area is 119 Å². The molecule has 106 valence electrons. The van der Waals surface area contributed by atoms with Crippen LogP contribution in [0.2, 0.25) is 0 Å². The second kappa shape index (κ2) is 8.72. The number of benzene rings is 2. The molecule has 0 radical (unpaired) electrons. The minimum atomic E-state index is -0.380. The van der Waals surface area contributed by atoms with Gasteiger partial charge in [-0.2, -0.15) is 0 Å². The second-order valence-corrected chi connectivity index (χ2v) is 4.01.